The first-order valence-electron chi connectivity index (χ1n) is 14.0. The Kier molecular flexibility index (Phi) is 8.39. The van der Waals surface area contributed by atoms with Gasteiger partial charge in [-0.25, -0.2) is 9.37 Å². The summed E-state index contributed by atoms with van der Waals surface area (Å²) >= 11 is 0. The third-order valence-electron chi connectivity index (χ3n) is 7.75. The lowest BCUT2D eigenvalue weighted by molar-refractivity contribution is 0.0479. The van der Waals surface area contributed by atoms with Crippen molar-refractivity contribution >= 4 is 5.82 Å². The fourth-order valence-electron chi connectivity index (χ4n) is 5.59. The summed E-state index contributed by atoms with van der Waals surface area (Å²) in [4.78, 5) is 6.87. The number of aryl methyl sites for hydroxylation is 2. The number of aliphatic hydroxyl groups excluding tert-OH is 1. The lowest BCUT2D eigenvalue weighted by Gasteiger charge is -2.34. The van der Waals surface area contributed by atoms with E-state index in [1.165, 1.54) is 24.1 Å². The molecule has 0 spiro atoms. The van der Waals surface area contributed by atoms with E-state index < -0.39 is 11.9 Å². The molecule has 0 saturated carbocycles. The van der Waals surface area contributed by atoms with Crippen LogP contribution in [0, 0.1) is 11.7 Å². The van der Waals surface area contributed by atoms with Crippen LogP contribution >= 0.6 is 0 Å². The molecule has 3 aliphatic rings. The molecule has 1 aromatic carbocycles. The molecule has 0 aliphatic carbocycles. The zero-order valence-corrected chi connectivity index (χ0v) is 22.5. The zero-order valence-electron chi connectivity index (χ0n) is 22.5. The van der Waals surface area contributed by atoms with Gasteiger partial charge in [0.05, 0.1) is 12.1 Å². The van der Waals surface area contributed by atoms with Gasteiger partial charge in [0, 0.05) is 43.6 Å². The Bertz CT molecular complexity index is 1140. The van der Waals surface area contributed by atoms with Crippen LogP contribution in [0.2, 0.25) is 0 Å². The number of anilines is 1. The van der Waals surface area contributed by atoms with Gasteiger partial charge in [-0.3, -0.25) is 4.90 Å². The van der Waals surface area contributed by atoms with E-state index >= 15 is 0 Å². The number of pyridine rings is 1. The number of hydrogen-bond acceptors (Lipinski definition) is 7. The molecule has 5 rings (SSSR count). The lowest BCUT2D eigenvalue weighted by atomic mass is 10.00. The summed E-state index contributed by atoms with van der Waals surface area (Å²) in [7, 11) is 0. The van der Waals surface area contributed by atoms with Gasteiger partial charge < -0.3 is 24.6 Å². The molecule has 1 saturated heterocycles. The van der Waals surface area contributed by atoms with E-state index in [1.54, 1.807) is 0 Å². The molecule has 3 atom stereocenters. The van der Waals surface area contributed by atoms with Crippen molar-refractivity contribution in [3.8, 4) is 11.5 Å². The Hall–Kier alpha value is -2.84. The quantitative estimate of drug-likeness (QED) is 0.309. The van der Waals surface area contributed by atoms with Crippen molar-refractivity contribution < 1.29 is 23.7 Å². The fourth-order valence-corrected chi connectivity index (χ4v) is 5.59. The molecule has 7 nitrogen and oxygen atoms in total. The molecular formula is C30H40FN3O4. The van der Waals surface area contributed by atoms with Crippen LogP contribution in [0.15, 0.2) is 36.6 Å². The number of rotatable bonds is 10. The number of nitrogens with zero attached hydrogens (tertiary/aromatic N) is 2. The number of aliphatic hydroxyl groups is 1. The monoisotopic (exact) mass is 525 g/mol. The molecule has 4 heterocycles. The molecule has 3 aliphatic heterocycles. The highest BCUT2D eigenvalue weighted by Crippen LogP contribution is 2.44. The Morgan fingerprint density at radius 2 is 2.18 bits per heavy atom. The largest absolute Gasteiger partial charge is 0.511 e. The number of unbranched alkanes of at least 4 members (excludes halogenated alkanes) is 1. The molecule has 206 valence electrons. The van der Waals surface area contributed by atoms with Gasteiger partial charge in [-0.1, -0.05) is 26.5 Å². The van der Waals surface area contributed by atoms with E-state index in [1.807, 2.05) is 0 Å². The van der Waals surface area contributed by atoms with Gasteiger partial charge in [0.2, 0.25) is 0 Å². The van der Waals surface area contributed by atoms with Gasteiger partial charge in [0.1, 0.15) is 30.1 Å². The van der Waals surface area contributed by atoms with Crippen molar-refractivity contribution in [3.63, 3.8) is 0 Å². The van der Waals surface area contributed by atoms with Gasteiger partial charge in [-0.2, -0.15) is 0 Å². The van der Waals surface area contributed by atoms with Crippen molar-refractivity contribution in [1.82, 2.24) is 9.88 Å². The standard InChI is InChI=1S/C30H40FN3O4/c1-19(2)27-18-37-26-16-22(31)15-25(29(26)38-27)28(20(3)35)34-13-11-24(17-34)36-14-5-4-8-23-10-9-21-7-6-12-32-30(21)33-23/h9-10,15-16,19,24,27-28,35H,3-8,11-14,17-18H2,1-2H3,(H,32,33)/t24-,27-,28-/m1/s1. The number of hydrogen-bond donors (Lipinski definition) is 2. The van der Waals surface area contributed by atoms with Crippen LogP contribution in [0.5, 0.6) is 11.5 Å². The third kappa shape index (κ3) is 6.07. The van der Waals surface area contributed by atoms with Crippen molar-refractivity contribution in [1.29, 1.82) is 0 Å². The topological polar surface area (TPSA) is 76.1 Å². The van der Waals surface area contributed by atoms with Crippen molar-refractivity contribution in [2.75, 3.05) is 38.2 Å². The molecular weight excluding hydrogens is 485 g/mol. The molecule has 1 fully saturated rings. The van der Waals surface area contributed by atoms with Gasteiger partial charge in [0.25, 0.3) is 0 Å². The van der Waals surface area contributed by atoms with Crippen LogP contribution in [-0.4, -0.2) is 60.0 Å². The number of benzene rings is 1. The molecule has 0 radical (unpaired) electrons. The van der Waals surface area contributed by atoms with E-state index in [0.29, 0.717) is 43.4 Å². The Balaban J connectivity index is 1.15. The molecule has 0 unspecified atom stereocenters. The highest BCUT2D eigenvalue weighted by atomic mass is 19.1. The first kappa shape index (κ1) is 26.8. The van der Waals surface area contributed by atoms with Crippen LogP contribution in [0.25, 0.3) is 0 Å². The molecule has 2 N–H and O–H groups in total. The van der Waals surface area contributed by atoms with E-state index in [-0.39, 0.29) is 23.9 Å². The molecule has 1 aromatic heterocycles. The zero-order chi connectivity index (χ0) is 26.6. The lowest BCUT2D eigenvalue weighted by Crippen LogP contribution is -2.36. The Morgan fingerprint density at radius 1 is 1.32 bits per heavy atom. The SMILES string of the molecule is C=C(O)[C@H](c1cc(F)cc2c1O[C@@H](C(C)C)CO2)N1CC[C@@H](OCCCCc2ccc3c(n2)NCCC3)C1. The minimum Gasteiger partial charge on any atom is -0.511 e. The van der Waals surface area contributed by atoms with Crippen molar-refractivity contribution in [2.24, 2.45) is 5.92 Å². The summed E-state index contributed by atoms with van der Waals surface area (Å²) in [6, 6.07) is 6.53. The maximum Gasteiger partial charge on any atom is 0.167 e. The number of likely N-dealkylation sites (tertiary alicyclic amines) is 1. The maximum absolute atomic E-state index is 14.5. The summed E-state index contributed by atoms with van der Waals surface area (Å²) in [6.45, 7) is 11.3. The van der Waals surface area contributed by atoms with Gasteiger partial charge >= 0.3 is 0 Å². The summed E-state index contributed by atoms with van der Waals surface area (Å²) in [5, 5.41) is 14.0. The predicted octanol–water partition coefficient (Wildman–Crippen LogP) is 5.60. The second-order valence-electron chi connectivity index (χ2n) is 11.0. The predicted molar refractivity (Wildman–Crippen MR) is 146 cm³/mol. The fraction of sp³-hybridized carbons (Fsp3) is 0.567. The first-order chi connectivity index (χ1) is 18.4. The van der Waals surface area contributed by atoms with E-state index in [2.05, 4.69) is 42.8 Å². The van der Waals surface area contributed by atoms with Crippen LogP contribution in [0.3, 0.4) is 0 Å². The van der Waals surface area contributed by atoms with E-state index in [9.17, 15) is 9.50 Å². The number of ether oxygens (including phenoxy) is 3. The van der Waals surface area contributed by atoms with E-state index in [0.717, 1.165) is 50.2 Å². The molecule has 0 bridgehead atoms. The van der Waals surface area contributed by atoms with Gasteiger partial charge in [-0.15, -0.1) is 0 Å². The number of nitrogens with one attached hydrogen (secondary N) is 1. The van der Waals surface area contributed by atoms with E-state index in [4.69, 9.17) is 19.2 Å². The highest BCUT2D eigenvalue weighted by molar-refractivity contribution is 5.51. The summed E-state index contributed by atoms with van der Waals surface area (Å²) in [5.74, 6) is 1.69. The van der Waals surface area contributed by atoms with Crippen LogP contribution in [-0.2, 0) is 17.6 Å². The minimum absolute atomic E-state index is 0.0410. The molecule has 0 amide bonds. The van der Waals surface area contributed by atoms with Crippen LogP contribution in [0.1, 0.15) is 62.4 Å². The average Bonchev–Trinajstić information content (AvgIpc) is 3.36. The Labute approximate surface area is 225 Å². The van der Waals surface area contributed by atoms with Gasteiger partial charge in [0.15, 0.2) is 11.5 Å². The normalized spacial score (nSPS) is 21.7. The van der Waals surface area contributed by atoms with Crippen LogP contribution in [0.4, 0.5) is 10.2 Å². The first-order valence-corrected chi connectivity index (χ1v) is 14.0. The summed E-state index contributed by atoms with van der Waals surface area (Å²) in [6.07, 6.45) is 5.93. The molecule has 8 heteroatoms. The van der Waals surface area contributed by atoms with Crippen molar-refractivity contribution in [2.45, 2.75) is 70.6 Å². The highest BCUT2D eigenvalue weighted by Gasteiger charge is 2.36. The second kappa shape index (κ2) is 11.9. The van der Waals surface area contributed by atoms with Gasteiger partial charge in [-0.05, 0) is 62.1 Å². The molecule has 2 aromatic rings. The number of fused-ring (bicyclic) bond motifs is 2. The maximum atomic E-state index is 14.5. The summed E-state index contributed by atoms with van der Waals surface area (Å²) in [5.41, 5.74) is 2.99. The second-order valence-corrected chi connectivity index (χ2v) is 11.0. The summed E-state index contributed by atoms with van der Waals surface area (Å²) < 4.78 is 32.8. The van der Waals surface area contributed by atoms with Crippen LogP contribution < -0.4 is 14.8 Å². The third-order valence-corrected chi connectivity index (χ3v) is 7.75. The Morgan fingerprint density at radius 3 is 3.00 bits per heavy atom. The molecule has 38 heavy (non-hydrogen) atoms. The minimum atomic E-state index is -0.591. The van der Waals surface area contributed by atoms with Crippen molar-refractivity contribution in [3.05, 3.63) is 59.2 Å². The smallest absolute Gasteiger partial charge is 0.167 e. The number of halogens is 1. The number of aromatic nitrogens is 1. The average molecular weight is 526 g/mol.